The Morgan fingerprint density at radius 3 is 1.38 bits per heavy atom. The standard InChI is InChI=1S/C23H53NO3Si2/c1-11-15-18-24(29(21(5)6,22(7)8)23(9)10)19-16-17-20-28(25-12-2,26-13-3)27-14-4/h21-23H,11-20H2,1-10H3. The van der Waals surface area contributed by atoms with Gasteiger partial charge in [-0.25, -0.2) is 0 Å². The van der Waals surface area contributed by atoms with Gasteiger partial charge < -0.3 is 17.8 Å². The van der Waals surface area contributed by atoms with Gasteiger partial charge in [-0.05, 0) is 69.7 Å². The number of unbranched alkanes of at least 4 members (excludes halogenated alkanes) is 2. The van der Waals surface area contributed by atoms with E-state index in [-0.39, 0.29) is 0 Å². The van der Waals surface area contributed by atoms with Crippen molar-refractivity contribution in [2.75, 3.05) is 32.9 Å². The van der Waals surface area contributed by atoms with Crippen LogP contribution in [0.4, 0.5) is 0 Å². The maximum Gasteiger partial charge on any atom is 0.500 e. The summed E-state index contributed by atoms with van der Waals surface area (Å²) in [5.41, 5.74) is 2.30. The van der Waals surface area contributed by atoms with Gasteiger partial charge in [0.05, 0.1) is 0 Å². The van der Waals surface area contributed by atoms with Crippen LogP contribution in [0.15, 0.2) is 0 Å². The lowest BCUT2D eigenvalue weighted by Gasteiger charge is -2.51. The molecule has 0 aromatic carbocycles. The number of rotatable bonds is 18. The van der Waals surface area contributed by atoms with Crippen LogP contribution in [-0.4, -0.2) is 54.5 Å². The molecule has 0 unspecified atom stereocenters. The molecule has 176 valence electrons. The van der Waals surface area contributed by atoms with Crippen molar-refractivity contribution in [1.29, 1.82) is 0 Å². The molecule has 0 heterocycles. The van der Waals surface area contributed by atoms with Crippen LogP contribution in [0.1, 0.15) is 94.9 Å². The molecule has 0 rings (SSSR count). The summed E-state index contributed by atoms with van der Waals surface area (Å²) in [5, 5.41) is 0. The van der Waals surface area contributed by atoms with E-state index in [9.17, 15) is 0 Å². The molecule has 6 heteroatoms. The second kappa shape index (κ2) is 15.1. The molecule has 0 aromatic heterocycles. The largest absolute Gasteiger partial charge is 0.500 e. The summed E-state index contributed by atoms with van der Waals surface area (Å²) in [5.74, 6) is 0. The summed E-state index contributed by atoms with van der Waals surface area (Å²) in [6, 6.07) is 0.934. The Morgan fingerprint density at radius 2 is 1.03 bits per heavy atom. The minimum Gasteiger partial charge on any atom is -0.374 e. The van der Waals surface area contributed by atoms with E-state index in [4.69, 9.17) is 13.3 Å². The maximum absolute atomic E-state index is 6.05. The van der Waals surface area contributed by atoms with Crippen molar-refractivity contribution in [3.05, 3.63) is 0 Å². The van der Waals surface area contributed by atoms with Crippen molar-refractivity contribution >= 4 is 17.0 Å². The Labute approximate surface area is 185 Å². The highest BCUT2D eigenvalue weighted by atomic mass is 28.4. The molecule has 4 nitrogen and oxygen atoms in total. The fraction of sp³-hybridized carbons (Fsp3) is 1.00. The first-order chi connectivity index (χ1) is 13.7. The van der Waals surface area contributed by atoms with E-state index in [0.29, 0.717) is 19.8 Å². The topological polar surface area (TPSA) is 30.9 Å². The maximum atomic E-state index is 6.05. The third-order valence-electron chi connectivity index (χ3n) is 6.36. The van der Waals surface area contributed by atoms with E-state index in [1.54, 1.807) is 0 Å². The molecule has 0 fully saturated rings. The molecule has 0 N–H and O–H groups in total. The van der Waals surface area contributed by atoms with Crippen molar-refractivity contribution in [3.8, 4) is 0 Å². The van der Waals surface area contributed by atoms with Crippen LogP contribution >= 0.6 is 0 Å². The molecule has 0 amide bonds. The monoisotopic (exact) mass is 447 g/mol. The Hall–Kier alpha value is 0.274. The molecule has 0 atom stereocenters. The Balaban J connectivity index is 5.29. The predicted molar refractivity (Wildman–Crippen MR) is 132 cm³/mol. The van der Waals surface area contributed by atoms with Gasteiger partial charge in [-0.15, -0.1) is 0 Å². The zero-order valence-electron chi connectivity index (χ0n) is 21.5. The molecular weight excluding hydrogens is 394 g/mol. The van der Waals surface area contributed by atoms with Gasteiger partial charge >= 0.3 is 8.80 Å². The average Bonchev–Trinajstić information content (AvgIpc) is 2.62. The van der Waals surface area contributed by atoms with Gasteiger partial charge in [0.1, 0.15) is 8.24 Å². The van der Waals surface area contributed by atoms with Crippen LogP contribution in [0.5, 0.6) is 0 Å². The second-order valence-corrected chi connectivity index (χ2v) is 17.7. The van der Waals surface area contributed by atoms with Crippen molar-refractivity contribution < 1.29 is 13.3 Å². The summed E-state index contributed by atoms with van der Waals surface area (Å²) in [6.45, 7) is 27.7. The van der Waals surface area contributed by atoms with E-state index in [0.717, 1.165) is 29.1 Å². The summed E-state index contributed by atoms with van der Waals surface area (Å²) in [4.78, 5) is 0. The average molecular weight is 448 g/mol. The van der Waals surface area contributed by atoms with Crippen molar-refractivity contribution in [1.82, 2.24) is 4.57 Å². The van der Waals surface area contributed by atoms with Gasteiger partial charge in [0, 0.05) is 25.9 Å². The van der Waals surface area contributed by atoms with Crippen molar-refractivity contribution in [2.45, 2.75) is 118 Å². The lowest BCUT2D eigenvalue weighted by Crippen LogP contribution is -2.60. The zero-order valence-corrected chi connectivity index (χ0v) is 23.5. The predicted octanol–water partition coefficient (Wildman–Crippen LogP) is 7.09. The Bertz CT molecular complexity index is 367. The van der Waals surface area contributed by atoms with Crippen LogP contribution in [0.3, 0.4) is 0 Å². The van der Waals surface area contributed by atoms with Gasteiger partial charge in [-0.1, -0.05) is 54.9 Å². The van der Waals surface area contributed by atoms with Crippen LogP contribution in [0.25, 0.3) is 0 Å². The summed E-state index contributed by atoms with van der Waals surface area (Å²) in [7, 11) is -4.10. The fourth-order valence-electron chi connectivity index (χ4n) is 5.59. The molecule has 0 radical (unpaired) electrons. The minimum atomic E-state index is -2.51. The number of hydrogen-bond donors (Lipinski definition) is 0. The minimum absolute atomic E-state index is 0.666. The third kappa shape index (κ3) is 8.38. The lowest BCUT2D eigenvalue weighted by molar-refractivity contribution is 0.0705. The number of nitrogens with zero attached hydrogens (tertiary/aromatic N) is 1. The highest BCUT2D eigenvalue weighted by molar-refractivity contribution is 6.81. The van der Waals surface area contributed by atoms with E-state index in [1.165, 1.54) is 32.4 Å². The molecule has 0 aliphatic carbocycles. The third-order valence-corrected chi connectivity index (χ3v) is 16.6. The highest BCUT2D eigenvalue weighted by Crippen LogP contribution is 2.44. The first-order valence-electron chi connectivity index (χ1n) is 12.3. The van der Waals surface area contributed by atoms with Crippen LogP contribution in [0, 0.1) is 0 Å². The van der Waals surface area contributed by atoms with Gasteiger partial charge in [0.2, 0.25) is 0 Å². The molecule has 0 aliphatic rings. The Morgan fingerprint density at radius 1 is 0.621 bits per heavy atom. The summed E-state index contributed by atoms with van der Waals surface area (Å²) in [6.07, 6.45) is 4.89. The molecule has 0 saturated carbocycles. The fourth-order valence-corrected chi connectivity index (χ4v) is 15.6. The normalized spacial score (nSPS) is 13.4. The molecule has 0 spiro atoms. The van der Waals surface area contributed by atoms with Crippen molar-refractivity contribution in [2.24, 2.45) is 0 Å². The quantitative estimate of drug-likeness (QED) is 0.166. The van der Waals surface area contributed by atoms with Gasteiger partial charge in [-0.3, -0.25) is 0 Å². The molecule has 0 bridgehead atoms. The summed E-state index contributed by atoms with van der Waals surface area (Å²) >= 11 is 0. The first kappa shape index (κ1) is 29.3. The van der Waals surface area contributed by atoms with Crippen LogP contribution < -0.4 is 0 Å². The molecule has 0 saturated heterocycles. The first-order valence-corrected chi connectivity index (χ1v) is 16.5. The van der Waals surface area contributed by atoms with Crippen LogP contribution in [-0.2, 0) is 13.3 Å². The van der Waals surface area contributed by atoms with E-state index >= 15 is 0 Å². The highest BCUT2D eigenvalue weighted by Gasteiger charge is 2.47. The van der Waals surface area contributed by atoms with E-state index in [1.807, 2.05) is 20.8 Å². The van der Waals surface area contributed by atoms with Gasteiger partial charge in [-0.2, -0.15) is 0 Å². The molecule has 29 heavy (non-hydrogen) atoms. The number of hydrogen-bond acceptors (Lipinski definition) is 4. The zero-order chi connectivity index (χ0) is 22.5. The summed E-state index contributed by atoms with van der Waals surface area (Å²) < 4.78 is 21.1. The molecular formula is C23H53NO3Si2. The molecule has 0 aromatic rings. The van der Waals surface area contributed by atoms with Crippen molar-refractivity contribution in [3.63, 3.8) is 0 Å². The van der Waals surface area contributed by atoms with Gasteiger partial charge in [0.15, 0.2) is 0 Å². The Kier molecular flexibility index (Phi) is 15.3. The smallest absolute Gasteiger partial charge is 0.374 e. The lowest BCUT2D eigenvalue weighted by atomic mass is 10.3. The van der Waals surface area contributed by atoms with E-state index < -0.39 is 17.0 Å². The SMILES string of the molecule is CCCCN(CCCC[Si](OCC)(OCC)OCC)[Si](C(C)C)(C(C)C)C(C)C. The van der Waals surface area contributed by atoms with Gasteiger partial charge in [0.25, 0.3) is 0 Å². The van der Waals surface area contributed by atoms with Crippen LogP contribution in [0.2, 0.25) is 22.7 Å². The second-order valence-electron chi connectivity index (χ2n) is 9.13. The van der Waals surface area contributed by atoms with E-state index in [2.05, 4.69) is 53.0 Å². The molecule has 0 aliphatic heterocycles.